The second-order valence-electron chi connectivity index (χ2n) is 3.91. The molecule has 1 N–H and O–H groups in total. The van der Waals surface area contributed by atoms with Gasteiger partial charge in [-0.15, -0.1) is 0 Å². The van der Waals surface area contributed by atoms with E-state index >= 15 is 0 Å². The van der Waals surface area contributed by atoms with E-state index in [-0.39, 0.29) is 5.82 Å². The predicted molar refractivity (Wildman–Crippen MR) is 66.4 cm³/mol. The van der Waals surface area contributed by atoms with Crippen molar-refractivity contribution >= 4 is 5.82 Å². The summed E-state index contributed by atoms with van der Waals surface area (Å²) in [5.74, 6) is 0.370. The van der Waals surface area contributed by atoms with Gasteiger partial charge >= 0.3 is 0 Å². The minimum Gasteiger partial charge on any atom is -0.371 e. The SMILES string of the molecule is CNc1nc(-c2cccc(C)c2)nc(C)c1F. The van der Waals surface area contributed by atoms with E-state index in [9.17, 15) is 4.39 Å². The van der Waals surface area contributed by atoms with Gasteiger partial charge in [0.2, 0.25) is 0 Å². The number of halogens is 1. The van der Waals surface area contributed by atoms with Gasteiger partial charge in [-0.3, -0.25) is 0 Å². The summed E-state index contributed by atoms with van der Waals surface area (Å²) in [6.07, 6.45) is 0. The smallest absolute Gasteiger partial charge is 0.186 e. The Hall–Kier alpha value is -1.97. The van der Waals surface area contributed by atoms with Crippen molar-refractivity contribution in [3.8, 4) is 11.4 Å². The van der Waals surface area contributed by atoms with Crippen molar-refractivity contribution in [2.45, 2.75) is 13.8 Å². The summed E-state index contributed by atoms with van der Waals surface area (Å²) in [5.41, 5.74) is 2.37. The van der Waals surface area contributed by atoms with Crippen LogP contribution in [0.5, 0.6) is 0 Å². The number of hydrogen-bond acceptors (Lipinski definition) is 3. The first-order chi connectivity index (χ1) is 8.11. The van der Waals surface area contributed by atoms with Crippen LogP contribution in [-0.4, -0.2) is 17.0 Å². The molecule has 17 heavy (non-hydrogen) atoms. The lowest BCUT2D eigenvalue weighted by molar-refractivity contribution is 0.607. The van der Waals surface area contributed by atoms with Crippen molar-refractivity contribution in [3.63, 3.8) is 0 Å². The van der Waals surface area contributed by atoms with E-state index in [0.717, 1.165) is 11.1 Å². The average Bonchev–Trinajstić information content (AvgIpc) is 2.32. The highest BCUT2D eigenvalue weighted by Crippen LogP contribution is 2.21. The molecule has 2 aromatic rings. The van der Waals surface area contributed by atoms with Crippen LogP contribution in [0.3, 0.4) is 0 Å². The van der Waals surface area contributed by atoms with E-state index < -0.39 is 5.82 Å². The third kappa shape index (κ3) is 2.25. The van der Waals surface area contributed by atoms with E-state index in [1.807, 2.05) is 31.2 Å². The lowest BCUT2D eigenvalue weighted by Gasteiger charge is -2.07. The summed E-state index contributed by atoms with van der Waals surface area (Å²) in [7, 11) is 1.64. The molecule has 1 heterocycles. The van der Waals surface area contributed by atoms with Crippen molar-refractivity contribution in [1.29, 1.82) is 0 Å². The molecule has 0 amide bonds. The minimum atomic E-state index is -0.399. The van der Waals surface area contributed by atoms with Crippen molar-refractivity contribution < 1.29 is 4.39 Å². The summed E-state index contributed by atoms with van der Waals surface area (Å²) < 4.78 is 13.6. The van der Waals surface area contributed by atoms with Gasteiger partial charge in [0.05, 0.1) is 5.69 Å². The zero-order valence-electron chi connectivity index (χ0n) is 10.1. The molecule has 1 aromatic heterocycles. The summed E-state index contributed by atoms with van der Waals surface area (Å²) in [5, 5.41) is 2.73. The lowest BCUT2D eigenvalue weighted by atomic mass is 10.1. The Morgan fingerprint density at radius 3 is 2.59 bits per heavy atom. The van der Waals surface area contributed by atoms with Crippen LogP contribution >= 0.6 is 0 Å². The van der Waals surface area contributed by atoms with E-state index in [1.54, 1.807) is 14.0 Å². The molecule has 0 saturated heterocycles. The van der Waals surface area contributed by atoms with Crippen LogP contribution < -0.4 is 5.32 Å². The number of aromatic nitrogens is 2. The van der Waals surface area contributed by atoms with Gasteiger partial charge in [-0.05, 0) is 19.9 Å². The Morgan fingerprint density at radius 2 is 1.94 bits per heavy atom. The van der Waals surface area contributed by atoms with Gasteiger partial charge < -0.3 is 5.32 Å². The second kappa shape index (κ2) is 4.49. The first kappa shape index (κ1) is 11.5. The molecule has 0 spiro atoms. The summed E-state index contributed by atoms with van der Waals surface area (Å²) in [4.78, 5) is 8.33. The number of anilines is 1. The molecular formula is C13H14FN3. The fraction of sp³-hybridized carbons (Fsp3) is 0.231. The van der Waals surface area contributed by atoms with Crippen molar-refractivity contribution in [2.24, 2.45) is 0 Å². The number of nitrogens with zero attached hydrogens (tertiary/aromatic N) is 2. The van der Waals surface area contributed by atoms with Crippen LogP contribution in [0.2, 0.25) is 0 Å². The maximum Gasteiger partial charge on any atom is 0.186 e. The zero-order chi connectivity index (χ0) is 12.4. The minimum absolute atomic E-state index is 0.231. The molecule has 0 atom stereocenters. The number of benzene rings is 1. The topological polar surface area (TPSA) is 37.8 Å². The Morgan fingerprint density at radius 1 is 1.18 bits per heavy atom. The van der Waals surface area contributed by atoms with E-state index in [2.05, 4.69) is 15.3 Å². The molecule has 0 aliphatic rings. The Balaban J connectivity index is 2.56. The summed E-state index contributed by atoms with van der Waals surface area (Å²) >= 11 is 0. The van der Waals surface area contributed by atoms with Gasteiger partial charge in [0, 0.05) is 12.6 Å². The molecule has 4 heteroatoms. The highest BCUT2D eigenvalue weighted by Gasteiger charge is 2.11. The highest BCUT2D eigenvalue weighted by atomic mass is 19.1. The molecule has 1 aromatic carbocycles. The van der Waals surface area contributed by atoms with Crippen molar-refractivity contribution in [1.82, 2.24) is 9.97 Å². The zero-order valence-corrected chi connectivity index (χ0v) is 10.1. The van der Waals surface area contributed by atoms with Crippen LogP contribution in [-0.2, 0) is 0 Å². The molecule has 88 valence electrons. The summed E-state index contributed by atoms with van der Waals surface area (Å²) in [6, 6.07) is 7.83. The molecule has 0 saturated carbocycles. The maximum atomic E-state index is 13.6. The molecule has 3 nitrogen and oxygen atoms in total. The van der Waals surface area contributed by atoms with Gasteiger partial charge in [-0.25, -0.2) is 14.4 Å². The Bertz CT molecular complexity index is 552. The number of nitrogens with one attached hydrogen (secondary N) is 1. The lowest BCUT2D eigenvalue weighted by Crippen LogP contribution is -2.03. The van der Waals surface area contributed by atoms with Crippen molar-refractivity contribution in [3.05, 3.63) is 41.3 Å². The highest BCUT2D eigenvalue weighted by molar-refractivity contribution is 5.58. The Kier molecular flexibility index (Phi) is 3.04. The monoisotopic (exact) mass is 231 g/mol. The second-order valence-corrected chi connectivity index (χ2v) is 3.91. The van der Waals surface area contributed by atoms with E-state index in [0.29, 0.717) is 11.5 Å². The van der Waals surface area contributed by atoms with Crippen LogP contribution in [0.25, 0.3) is 11.4 Å². The number of aryl methyl sites for hydroxylation is 2. The number of hydrogen-bond donors (Lipinski definition) is 1. The number of rotatable bonds is 2. The molecule has 0 aliphatic heterocycles. The summed E-state index contributed by atoms with van der Waals surface area (Å²) in [6.45, 7) is 3.63. The largest absolute Gasteiger partial charge is 0.371 e. The van der Waals surface area contributed by atoms with Gasteiger partial charge in [0.15, 0.2) is 17.5 Å². The van der Waals surface area contributed by atoms with Crippen LogP contribution in [0, 0.1) is 19.7 Å². The van der Waals surface area contributed by atoms with Crippen molar-refractivity contribution in [2.75, 3.05) is 12.4 Å². The third-order valence-corrected chi connectivity index (χ3v) is 2.53. The fourth-order valence-electron chi connectivity index (χ4n) is 1.64. The van der Waals surface area contributed by atoms with Gasteiger partial charge in [0.25, 0.3) is 0 Å². The van der Waals surface area contributed by atoms with Crippen LogP contribution in [0.15, 0.2) is 24.3 Å². The van der Waals surface area contributed by atoms with Gasteiger partial charge in [-0.2, -0.15) is 0 Å². The third-order valence-electron chi connectivity index (χ3n) is 2.53. The molecule has 0 unspecified atom stereocenters. The average molecular weight is 231 g/mol. The molecule has 2 rings (SSSR count). The van der Waals surface area contributed by atoms with Crippen LogP contribution in [0.1, 0.15) is 11.3 Å². The van der Waals surface area contributed by atoms with E-state index in [4.69, 9.17) is 0 Å². The Labute approximate surface area is 99.7 Å². The maximum absolute atomic E-state index is 13.6. The standard InChI is InChI=1S/C13H14FN3/c1-8-5-4-6-10(7-8)12-16-9(2)11(14)13(15-3)17-12/h4-7H,1-3H3,(H,15,16,17). The fourth-order valence-corrected chi connectivity index (χ4v) is 1.64. The molecular weight excluding hydrogens is 217 g/mol. The first-order valence-electron chi connectivity index (χ1n) is 5.40. The normalized spacial score (nSPS) is 10.4. The predicted octanol–water partition coefficient (Wildman–Crippen LogP) is 2.94. The van der Waals surface area contributed by atoms with E-state index in [1.165, 1.54) is 0 Å². The molecule has 0 radical (unpaired) electrons. The quantitative estimate of drug-likeness (QED) is 0.863. The molecule has 0 fully saturated rings. The first-order valence-corrected chi connectivity index (χ1v) is 5.40. The van der Waals surface area contributed by atoms with Crippen LogP contribution in [0.4, 0.5) is 10.2 Å². The van der Waals surface area contributed by atoms with Gasteiger partial charge in [-0.1, -0.05) is 23.8 Å². The molecule has 0 bridgehead atoms. The molecule has 0 aliphatic carbocycles. The van der Waals surface area contributed by atoms with Gasteiger partial charge in [0.1, 0.15) is 0 Å².